The zero-order valence-electron chi connectivity index (χ0n) is 20.0. The van der Waals surface area contributed by atoms with E-state index in [9.17, 15) is 4.79 Å². The summed E-state index contributed by atoms with van der Waals surface area (Å²) >= 11 is 0. The van der Waals surface area contributed by atoms with Crippen molar-refractivity contribution in [3.8, 4) is 11.5 Å². The largest absolute Gasteiger partial charge is 0.491 e. The fourth-order valence-electron chi connectivity index (χ4n) is 3.89. The number of ether oxygens (including phenoxy) is 2. The summed E-state index contributed by atoms with van der Waals surface area (Å²) in [5.41, 5.74) is 4.29. The summed E-state index contributed by atoms with van der Waals surface area (Å²) in [6.07, 6.45) is 0. The first-order chi connectivity index (χ1) is 16.5. The van der Waals surface area contributed by atoms with Crippen LogP contribution < -0.4 is 14.8 Å². The standard InChI is InChI=1S/C28H31N3O3/c1-20(2)23-14-13-21(3)17-26(23)33-16-15-31-25-12-8-7-11-24(25)30-27(31)18-29-28(32)19-34-22-9-5-4-6-10-22/h4-14,17,20H,15-16,18-19H2,1-3H3,(H,29,32). The van der Waals surface area contributed by atoms with Crippen molar-refractivity contribution in [3.63, 3.8) is 0 Å². The molecule has 0 radical (unpaired) electrons. The lowest BCUT2D eigenvalue weighted by molar-refractivity contribution is -0.123. The Kier molecular flexibility index (Phi) is 7.48. The van der Waals surface area contributed by atoms with Crippen molar-refractivity contribution in [1.29, 1.82) is 0 Å². The molecule has 0 fully saturated rings. The number of imidazole rings is 1. The molecule has 0 unspecified atom stereocenters. The molecule has 4 rings (SSSR count). The fourth-order valence-corrected chi connectivity index (χ4v) is 3.89. The second-order valence-electron chi connectivity index (χ2n) is 8.59. The molecule has 0 bridgehead atoms. The van der Waals surface area contributed by atoms with Gasteiger partial charge in [-0.15, -0.1) is 0 Å². The molecule has 0 saturated carbocycles. The molecule has 6 nitrogen and oxygen atoms in total. The molecule has 1 aromatic heterocycles. The van der Waals surface area contributed by atoms with Crippen LogP contribution in [0.25, 0.3) is 11.0 Å². The Morgan fingerprint density at radius 2 is 1.76 bits per heavy atom. The number of hydrogen-bond acceptors (Lipinski definition) is 4. The van der Waals surface area contributed by atoms with Crippen molar-refractivity contribution in [3.05, 3.63) is 89.7 Å². The molecule has 0 spiro atoms. The molecule has 6 heteroatoms. The highest BCUT2D eigenvalue weighted by Gasteiger charge is 2.13. The Morgan fingerprint density at radius 3 is 2.56 bits per heavy atom. The van der Waals surface area contributed by atoms with Crippen molar-refractivity contribution in [2.75, 3.05) is 13.2 Å². The van der Waals surface area contributed by atoms with Crippen LogP contribution in [0.15, 0.2) is 72.8 Å². The molecule has 1 N–H and O–H groups in total. The lowest BCUT2D eigenvalue weighted by atomic mass is 10.0. The quantitative estimate of drug-likeness (QED) is 0.354. The van der Waals surface area contributed by atoms with Crippen molar-refractivity contribution in [2.45, 2.75) is 39.8 Å². The summed E-state index contributed by atoms with van der Waals surface area (Å²) in [6.45, 7) is 7.81. The highest BCUT2D eigenvalue weighted by Crippen LogP contribution is 2.27. The van der Waals surface area contributed by atoms with Crippen molar-refractivity contribution in [1.82, 2.24) is 14.9 Å². The number of nitrogens with zero attached hydrogens (tertiary/aromatic N) is 2. The topological polar surface area (TPSA) is 65.4 Å². The maximum Gasteiger partial charge on any atom is 0.258 e. The number of fused-ring (bicyclic) bond motifs is 1. The maximum atomic E-state index is 12.4. The molecule has 0 atom stereocenters. The summed E-state index contributed by atoms with van der Waals surface area (Å²) in [4.78, 5) is 17.1. The van der Waals surface area contributed by atoms with Crippen LogP contribution in [0.2, 0.25) is 0 Å². The van der Waals surface area contributed by atoms with E-state index in [0.29, 0.717) is 31.4 Å². The molecule has 0 aliphatic carbocycles. The van der Waals surface area contributed by atoms with Crippen LogP contribution in [0, 0.1) is 6.92 Å². The van der Waals surface area contributed by atoms with Crippen LogP contribution in [0.1, 0.15) is 36.7 Å². The number of carbonyl (C=O) groups is 1. The summed E-state index contributed by atoms with van der Waals surface area (Å²) < 4.78 is 13.9. The van der Waals surface area contributed by atoms with E-state index < -0.39 is 0 Å². The van der Waals surface area contributed by atoms with Crippen LogP contribution in [-0.4, -0.2) is 28.7 Å². The van der Waals surface area contributed by atoms with Gasteiger partial charge in [0.05, 0.1) is 24.1 Å². The van der Waals surface area contributed by atoms with Gasteiger partial charge in [0.1, 0.15) is 23.9 Å². The van der Waals surface area contributed by atoms with Crippen LogP contribution >= 0.6 is 0 Å². The van der Waals surface area contributed by atoms with E-state index >= 15 is 0 Å². The molecule has 4 aromatic rings. The van der Waals surface area contributed by atoms with Gasteiger partial charge in [-0.3, -0.25) is 4.79 Å². The highest BCUT2D eigenvalue weighted by atomic mass is 16.5. The van der Waals surface area contributed by atoms with Crippen molar-refractivity contribution in [2.24, 2.45) is 0 Å². The molecular formula is C28H31N3O3. The lowest BCUT2D eigenvalue weighted by Gasteiger charge is -2.16. The summed E-state index contributed by atoms with van der Waals surface area (Å²) in [6, 6.07) is 23.6. The minimum Gasteiger partial charge on any atom is -0.491 e. The van der Waals surface area contributed by atoms with Crippen LogP contribution in [0.5, 0.6) is 11.5 Å². The summed E-state index contributed by atoms with van der Waals surface area (Å²) in [5.74, 6) is 2.56. The van der Waals surface area contributed by atoms with E-state index in [1.807, 2.05) is 54.6 Å². The van der Waals surface area contributed by atoms with Gasteiger partial charge in [-0.2, -0.15) is 0 Å². The second-order valence-corrected chi connectivity index (χ2v) is 8.59. The predicted octanol–water partition coefficient (Wildman–Crippen LogP) is 5.24. The smallest absolute Gasteiger partial charge is 0.258 e. The number of nitrogens with one attached hydrogen (secondary N) is 1. The highest BCUT2D eigenvalue weighted by molar-refractivity contribution is 5.78. The van der Waals surface area contributed by atoms with Gasteiger partial charge in [0.25, 0.3) is 5.91 Å². The van der Waals surface area contributed by atoms with Gasteiger partial charge in [-0.05, 0) is 54.3 Å². The number of aryl methyl sites for hydroxylation is 1. The number of amides is 1. The van der Waals surface area contributed by atoms with Crippen LogP contribution in [0.3, 0.4) is 0 Å². The Bertz CT molecular complexity index is 1250. The summed E-state index contributed by atoms with van der Waals surface area (Å²) in [7, 11) is 0. The number of carbonyl (C=O) groups excluding carboxylic acids is 1. The normalized spacial score (nSPS) is 11.1. The van der Waals surface area contributed by atoms with E-state index in [1.165, 1.54) is 11.1 Å². The number of para-hydroxylation sites is 3. The van der Waals surface area contributed by atoms with E-state index in [0.717, 1.165) is 22.6 Å². The van der Waals surface area contributed by atoms with Crippen LogP contribution in [-0.2, 0) is 17.9 Å². The minimum atomic E-state index is -0.194. The van der Waals surface area contributed by atoms with Gasteiger partial charge in [0, 0.05) is 0 Å². The minimum absolute atomic E-state index is 0.0430. The van der Waals surface area contributed by atoms with E-state index in [1.54, 1.807) is 0 Å². The van der Waals surface area contributed by atoms with Gasteiger partial charge >= 0.3 is 0 Å². The summed E-state index contributed by atoms with van der Waals surface area (Å²) in [5, 5.41) is 2.92. The van der Waals surface area contributed by atoms with Gasteiger partial charge in [0.15, 0.2) is 6.61 Å². The molecule has 34 heavy (non-hydrogen) atoms. The molecule has 0 aliphatic heterocycles. The Hall–Kier alpha value is -3.80. The zero-order valence-corrected chi connectivity index (χ0v) is 20.0. The first-order valence-electron chi connectivity index (χ1n) is 11.6. The van der Waals surface area contributed by atoms with Gasteiger partial charge in [-0.25, -0.2) is 4.98 Å². The van der Waals surface area contributed by atoms with Crippen molar-refractivity contribution >= 4 is 16.9 Å². The molecule has 0 aliphatic rings. The van der Waals surface area contributed by atoms with Gasteiger partial charge in [-0.1, -0.05) is 56.3 Å². The second kappa shape index (κ2) is 10.9. The Balaban J connectivity index is 1.42. The SMILES string of the molecule is Cc1ccc(C(C)C)c(OCCn2c(CNC(=O)COc3ccccc3)nc3ccccc32)c1. The first kappa shape index (κ1) is 23.4. The number of aromatic nitrogens is 2. The molecule has 1 amide bonds. The monoisotopic (exact) mass is 457 g/mol. The van der Waals surface area contributed by atoms with E-state index in [4.69, 9.17) is 14.5 Å². The maximum absolute atomic E-state index is 12.4. The van der Waals surface area contributed by atoms with E-state index in [2.05, 4.69) is 48.9 Å². The zero-order chi connectivity index (χ0) is 23.9. The molecule has 176 valence electrons. The third kappa shape index (κ3) is 5.76. The fraction of sp³-hybridized carbons (Fsp3) is 0.286. The average molecular weight is 458 g/mol. The predicted molar refractivity (Wildman–Crippen MR) is 134 cm³/mol. The van der Waals surface area contributed by atoms with Gasteiger partial charge in [0.2, 0.25) is 0 Å². The third-order valence-corrected chi connectivity index (χ3v) is 5.65. The first-order valence-corrected chi connectivity index (χ1v) is 11.6. The number of hydrogen-bond donors (Lipinski definition) is 1. The lowest BCUT2D eigenvalue weighted by Crippen LogP contribution is -2.29. The van der Waals surface area contributed by atoms with Crippen molar-refractivity contribution < 1.29 is 14.3 Å². The van der Waals surface area contributed by atoms with Gasteiger partial charge < -0.3 is 19.4 Å². The number of benzene rings is 3. The van der Waals surface area contributed by atoms with E-state index in [-0.39, 0.29) is 12.5 Å². The average Bonchev–Trinajstić information content (AvgIpc) is 3.19. The number of rotatable bonds is 10. The van der Waals surface area contributed by atoms with Crippen LogP contribution in [0.4, 0.5) is 0 Å². The molecule has 3 aromatic carbocycles. The molecule has 1 heterocycles. The Morgan fingerprint density at radius 1 is 1.00 bits per heavy atom. The molecular weight excluding hydrogens is 426 g/mol. The molecule has 0 saturated heterocycles. The Labute approximate surface area is 200 Å². The third-order valence-electron chi connectivity index (χ3n) is 5.65.